The van der Waals surface area contributed by atoms with Crippen LogP contribution in [0.15, 0.2) is 78.0 Å². The SMILES string of the molecule is c1cc(-c2ccc3[nH]nc(-c4cc5c(-c6ccsc6)cncc5[nH]4)c3c2)ccn1. The molecule has 0 unspecified atom stereocenters. The van der Waals surface area contributed by atoms with Crippen LogP contribution in [0.5, 0.6) is 0 Å². The molecule has 0 saturated carbocycles. The van der Waals surface area contributed by atoms with Gasteiger partial charge in [-0.3, -0.25) is 15.1 Å². The van der Waals surface area contributed by atoms with Gasteiger partial charge in [-0.05, 0) is 63.8 Å². The van der Waals surface area contributed by atoms with E-state index in [2.05, 4.69) is 66.2 Å². The van der Waals surface area contributed by atoms with E-state index in [0.717, 1.165) is 49.9 Å². The van der Waals surface area contributed by atoms with Crippen molar-refractivity contribution in [2.75, 3.05) is 0 Å². The Morgan fingerprint density at radius 3 is 2.55 bits per heavy atom. The first-order valence-corrected chi connectivity index (χ1v) is 10.2. The number of thiophene rings is 1. The van der Waals surface area contributed by atoms with Crippen molar-refractivity contribution >= 4 is 33.1 Å². The molecule has 5 aromatic heterocycles. The van der Waals surface area contributed by atoms with Gasteiger partial charge in [-0.25, -0.2) is 0 Å². The van der Waals surface area contributed by atoms with Crippen molar-refractivity contribution in [1.29, 1.82) is 0 Å². The summed E-state index contributed by atoms with van der Waals surface area (Å²) < 4.78 is 0. The molecule has 6 rings (SSSR count). The molecule has 5 nitrogen and oxygen atoms in total. The Kier molecular flexibility index (Phi) is 3.57. The van der Waals surface area contributed by atoms with Gasteiger partial charge >= 0.3 is 0 Å². The number of hydrogen-bond donors (Lipinski definition) is 2. The van der Waals surface area contributed by atoms with E-state index in [9.17, 15) is 0 Å². The zero-order chi connectivity index (χ0) is 19.2. The number of aromatic amines is 2. The van der Waals surface area contributed by atoms with E-state index in [0.29, 0.717) is 0 Å². The second kappa shape index (κ2) is 6.39. The van der Waals surface area contributed by atoms with Crippen molar-refractivity contribution in [3.05, 3.63) is 78.0 Å². The third kappa shape index (κ3) is 2.65. The summed E-state index contributed by atoms with van der Waals surface area (Å²) in [6.45, 7) is 0. The van der Waals surface area contributed by atoms with Crippen LogP contribution in [0, 0.1) is 0 Å². The fourth-order valence-corrected chi connectivity index (χ4v) is 4.43. The Hall–Kier alpha value is -3.77. The average Bonchev–Trinajstić information content (AvgIpc) is 3.52. The largest absolute Gasteiger partial charge is 0.352 e. The van der Waals surface area contributed by atoms with Crippen molar-refractivity contribution < 1.29 is 0 Å². The number of hydrogen-bond acceptors (Lipinski definition) is 4. The predicted octanol–water partition coefficient (Wildman–Crippen LogP) is 5.90. The fraction of sp³-hybridized carbons (Fsp3) is 0. The first-order valence-electron chi connectivity index (χ1n) is 9.25. The van der Waals surface area contributed by atoms with Crippen molar-refractivity contribution in [2.24, 2.45) is 0 Å². The molecule has 0 amide bonds. The molecule has 0 saturated heterocycles. The van der Waals surface area contributed by atoms with Gasteiger partial charge in [-0.2, -0.15) is 16.4 Å². The minimum Gasteiger partial charge on any atom is -0.352 e. The minimum absolute atomic E-state index is 0.906. The van der Waals surface area contributed by atoms with Gasteiger partial charge in [0.05, 0.1) is 22.9 Å². The Morgan fingerprint density at radius 2 is 1.69 bits per heavy atom. The number of rotatable bonds is 3. The standard InChI is InChI=1S/C23H15N5S/c1-2-20-18(9-15(1)14-3-6-24-7-4-14)23(28-27-20)21-10-17-19(16-5-8-29-13-16)11-25-12-22(17)26-21/h1-13,26H,(H,27,28). The molecule has 0 atom stereocenters. The van der Waals surface area contributed by atoms with Crippen LogP contribution in [0.1, 0.15) is 0 Å². The maximum absolute atomic E-state index is 4.60. The Balaban J connectivity index is 1.53. The zero-order valence-corrected chi connectivity index (χ0v) is 16.1. The summed E-state index contributed by atoms with van der Waals surface area (Å²) in [6, 6.07) is 14.7. The van der Waals surface area contributed by atoms with Gasteiger partial charge in [0.15, 0.2) is 0 Å². The molecule has 5 heterocycles. The van der Waals surface area contributed by atoms with E-state index in [1.807, 2.05) is 36.9 Å². The highest BCUT2D eigenvalue weighted by Crippen LogP contribution is 2.35. The molecule has 6 aromatic rings. The van der Waals surface area contributed by atoms with Gasteiger partial charge in [0, 0.05) is 34.9 Å². The van der Waals surface area contributed by atoms with Gasteiger partial charge in [-0.15, -0.1) is 0 Å². The van der Waals surface area contributed by atoms with Crippen LogP contribution in [-0.2, 0) is 0 Å². The molecular formula is C23H15N5S. The highest BCUT2D eigenvalue weighted by molar-refractivity contribution is 7.08. The number of nitrogens with one attached hydrogen (secondary N) is 2. The molecule has 0 aliphatic carbocycles. The maximum Gasteiger partial charge on any atom is 0.116 e. The second-order valence-corrected chi connectivity index (χ2v) is 7.69. The van der Waals surface area contributed by atoms with Crippen LogP contribution in [-0.4, -0.2) is 25.1 Å². The molecule has 29 heavy (non-hydrogen) atoms. The first-order chi connectivity index (χ1) is 14.4. The van der Waals surface area contributed by atoms with Crippen LogP contribution in [0.2, 0.25) is 0 Å². The van der Waals surface area contributed by atoms with Crippen LogP contribution < -0.4 is 0 Å². The molecular weight excluding hydrogens is 378 g/mol. The smallest absolute Gasteiger partial charge is 0.116 e. The van der Waals surface area contributed by atoms with Gasteiger partial charge in [0.2, 0.25) is 0 Å². The lowest BCUT2D eigenvalue weighted by Gasteiger charge is -2.02. The molecule has 2 N–H and O–H groups in total. The lowest BCUT2D eigenvalue weighted by atomic mass is 10.0. The third-order valence-corrected chi connectivity index (χ3v) is 5.89. The van der Waals surface area contributed by atoms with Crippen molar-refractivity contribution in [1.82, 2.24) is 25.1 Å². The lowest BCUT2D eigenvalue weighted by Crippen LogP contribution is -1.81. The molecule has 1 aromatic carbocycles. The number of fused-ring (bicyclic) bond motifs is 2. The minimum atomic E-state index is 0.906. The summed E-state index contributed by atoms with van der Waals surface area (Å²) in [7, 11) is 0. The van der Waals surface area contributed by atoms with Gasteiger partial charge in [0.1, 0.15) is 5.69 Å². The number of aromatic nitrogens is 5. The number of benzene rings is 1. The molecule has 0 bridgehead atoms. The van der Waals surface area contributed by atoms with E-state index >= 15 is 0 Å². The van der Waals surface area contributed by atoms with E-state index in [1.54, 1.807) is 11.3 Å². The van der Waals surface area contributed by atoms with E-state index in [1.165, 1.54) is 5.56 Å². The molecule has 0 spiro atoms. The zero-order valence-electron chi connectivity index (χ0n) is 15.3. The Labute approximate surface area is 170 Å². The fourth-order valence-electron chi connectivity index (χ4n) is 3.77. The summed E-state index contributed by atoms with van der Waals surface area (Å²) in [4.78, 5) is 12.0. The highest BCUT2D eigenvalue weighted by atomic mass is 32.1. The molecule has 0 aliphatic rings. The van der Waals surface area contributed by atoms with Crippen LogP contribution in [0.25, 0.3) is 55.4 Å². The van der Waals surface area contributed by atoms with Gasteiger partial charge in [0.25, 0.3) is 0 Å². The quantitative estimate of drug-likeness (QED) is 0.393. The van der Waals surface area contributed by atoms with Crippen molar-refractivity contribution in [3.63, 3.8) is 0 Å². The second-order valence-electron chi connectivity index (χ2n) is 6.91. The summed E-state index contributed by atoms with van der Waals surface area (Å²) >= 11 is 1.69. The molecule has 6 heteroatoms. The van der Waals surface area contributed by atoms with Gasteiger partial charge < -0.3 is 4.98 Å². The van der Waals surface area contributed by atoms with Crippen LogP contribution in [0.3, 0.4) is 0 Å². The monoisotopic (exact) mass is 393 g/mol. The Bertz CT molecular complexity index is 1450. The predicted molar refractivity (Wildman–Crippen MR) is 118 cm³/mol. The third-order valence-electron chi connectivity index (χ3n) is 5.21. The number of H-pyrrole nitrogens is 2. The van der Waals surface area contributed by atoms with E-state index < -0.39 is 0 Å². The average molecular weight is 393 g/mol. The number of pyridine rings is 2. The summed E-state index contributed by atoms with van der Waals surface area (Å²) in [6.07, 6.45) is 7.41. The van der Waals surface area contributed by atoms with Crippen LogP contribution >= 0.6 is 11.3 Å². The normalized spacial score (nSPS) is 11.4. The highest BCUT2D eigenvalue weighted by Gasteiger charge is 2.14. The van der Waals surface area contributed by atoms with Crippen molar-refractivity contribution in [2.45, 2.75) is 0 Å². The lowest BCUT2D eigenvalue weighted by molar-refractivity contribution is 1.12. The van der Waals surface area contributed by atoms with Gasteiger partial charge in [-0.1, -0.05) is 6.07 Å². The maximum atomic E-state index is 4.60. The molecule has 0 fully saturated rings. The van der Waals surface area contributed by atoms with E-state index in [4.69, 9.17) is 0 Å². The summed E-state index contributed by atoms with van der Waals surface area (Å²) in [5.41, 5.74) is 8.48. The first kappa shape index (κ1) is 16.2. The molecule has 0 aliphatic heterocycles. The molecule has 138 valence electrons. The van der Waals surface area contributed by atoms with E-state index in [-0.39, 0.29) is 0 Å². The number of nitrogens with zero attached hydrogens (tertiary/aromatic N) is 3. The topological polar surface area (TPSA) is 70.2 Å². The summed E-state index contributed by atoms with van der Waals surface area (Å²) in [5.74, 6) is 0. The Morgan fingerprint density at radius 1 is 0.759 bits per heavy atom. The molecule has 0 radical (unpaired) electrons. The van der Waals surface area contributed by atoms with Crippen LogP contribution in [0.4, 0.5) is 0 Å². The summed E-state index contributed by atoms with van der Waals surface area (Å²) in [5, 5.41) is 14.2. The van der Waals surface area contributed by atoms with Crippen molar-refractivity contribution in [3.8, 4) is 33.6 Å².